The van der Waals surface area contributed by atoms with Gasteiger partial charge >= 0.3 is 411 Å². The van der Waals surface area contributed by atoms with Crippen molar-refractivity contribution in [3.8, 4) is 0 Å². The molecule has 0 aromatic carbocycles. The molecular formula is C51H109O10P3Ti. The van der Waals surface area contributed by atoms with E-state index in [9.17, 15) is 13.7 Å². The summed E-state index contributed by atoms with van der Waals surface area (Å²) >= 11 is -5.49. The average molecular weight is 1020 g/mol. The monoisotopic (exact) mass is 1020 g/mol. The Hall–Kier alpha value is 1.12. The Morgan fingerprint density at radius 1 is 0.292 bits per heavy atom. The van der Waals surface area contributed by atoms with Crippen molar-refractivity contribution in [2.75, 3.05) is 37.0 Å². The number of hydrogen-bond acceptors (Lipinski definition) is 10. The summed E-state index contributed by atoms with van der Waals surface area (Å²) in [6, 6.07) is 0. The zero-order valence-corrected chi connectivity index (χ0v) is 48.4. The third kappa shape index (κ3) is 39.4. The predicted octanol–water partition coefficient (Wildman–Crippen LogP) is 20.1. The van der Waals surface area contributed by atoms with E-state index in [0.29, 0.717) is 37.0 Å². The maximum absolute atomic E-state index is 14.8. The van der Waals surface area contributed by atoms with E-state index in [4.69, 9.17) is 27.7 Å². The molecule has 0 aliphatic carbocycles. The Bertz CT molecular complexity index is 988. The molecule has 0 aliphatic heterocycles. The molecule has 392 valence electrons. The van der Waals surface area contributed by atoms with Crippen molar-refractivity contribution in [2.45, 2.75) is 293 Å². The fourth-order valence-electron chi connectivity index (χ4n) is 8.09. The standard InChI is InChI=1S/3C16H35O3P.C3H7O.Ti/c3*1-3-5-7-9-11-13-15-20(18,19-17)16-14-12-10-8-6-4-2;1-3(2)4;/h3*17H,3-16H2,1-2H3;3H,1-2H3;/q;;;-1;+4/p-3. The first kappa shape index (κ1) is 66.1. The summed E-state index contributed by atoms with van der Waals surface area (Å²) in [6.07, 6.45) is 39.4. The SMILES string of the molecule is CCCCCCCCP(=O)(CCCCCCCC)O[O][Ti]([O]OP(=O)(CCCCCCCC)CCCCCCCC)([O]OP(=O)(CCCCCCCC)CCCCCCCC)[O]C(C)C. The van der Waals surface area contributed by atoms with Crippen molar-refractivity contribution in [1.29, 1.82) is 0 Å². The molecule has 0 rings (SSSR count). The molecule has 0 spiro atoms. The maximum atomic E-state index is 14.8. The van der Waals surface area contributed by atoms with Crippen molar-refractivity contribution in [3.05, 3.63) is 0 Å². The van der Waals surface area contributed by atoms with Crippen LogP contribution in [0.15, 0.2) is 0 Å². The Balaban J connectivity index is 6.83. The van der Waals surface area contributed by atoms with E-state index in [0.717, 1.165) is 193 Å². The Kier molecular flexibility index (Phi) is 45.8. The van der Waals surface area contributed by atoms with Crippen molar-refractivity contribution in [3.63, 3.8) is 0 Å². The molecule has 14 heteroatoms. The molecule has 10 nitrogen and oxygen atoms in total. The van der Waals surface area contributed by atoms with E-state index in [2.05, 4.69) is 41.5 Å². The van der Waals surface area contributed by atoms with Crippen LogP contribution < -0.4 is 0 Å². The van der Waals surface area contributed by atoms with Gasteiger partial charge in [0.05, 0.1) is 0 Å². The first-order valence-corrected chi connectivity index (χ1v) is 36.5. The summed E-state index contributed by atoms with van der Waals surface area (Å²) in [4.78, 5) is 0. The molecule has 0 unspecified atom stereocenters. The van der Waals surface area contributed by atoms with Crippen LogP contribution in [0.2, 0.25) is 0 Å². The van der Waals surface area contributed by atoms with E-state index >= 15 is 0 Å². The summed E-state index contributed by atoms with van der Waals surface area (Å²) in [5, 5.41) is 0. The summed E-state index contributed by atoms with van der Waals surface area (Å²) in [6.45, 7) is 16.9. The van der Waals surface area contributed by atoms with Crippen LogP contribution in [0, 0.1) is 0 Å². The second-order valence-electron chi connectivity index (χ2n) is 19.5. The van der Waals surface area contributed by atoms with Crippen LogP contribution in [0.5, 0.6) is 0 Å². The van der Waals surface area contributed by atoms with Gasteiger partial charge in [-0.2, -0.15) is 0 Å². The molecule has 0 saturated carbocycles. The third-order valence-corrected chi connectivity index (χ3v) is 22.5. The van der Waals surface area contributed by atoms with Crippen molar-refractivity contribution in [1.82, 2.24) is 0 Å². The van der Waals surface area contributed by atoms with Gasteiger partial charge in [0.15, 0.2) is 0 Å². The normalized spacial score (nSPS) is 12.9. The average Bonchev–Trinajstić information content (AvgIpc) is 3.28. The Morgan fingerprint density at radius 3 is 0.631 bits per heavy atom. The summed E-state index contributed by atoms with van der Waals surface area (Å²) in [5.41, 5.74) is 0. The van der Waals surface area contributed by atoms with Crippen molar-refractivity contribution in [2.24, 2.45) is 0 Å². The minimum atomic E-state index is -5.49. The van der Waals surface area contributed by atoms with Crippen molar-refractivity contribution >= 4 is 22.1 Å². The molecule has 0 N–H and O–H groups in total. The van der Waals surface area contributed by atoms with Crippen LogP contribution in [0.1, 0.15) is 287 Å². The van der Waals surface area contributed by atoms with Crippen LogP contribution in [-0.2, 0) is 59.6 Å². The van der Waals surface area contributed by atoms with Gasteiger partial charge < -0.3 is 0 Å². The molecule has 0 aliphatic rings. The first-order valence-electron chi connectivity index (χ1n) is 27.9. The third-order valence-electron chi connectivity index (χ3n) is 12.3. The van der Waals surface area contributed by atoms with E-state index in [-0.39, 0.29) is 0 Å². The Morgan fingerprint density at radius 2 is 0.462 bits per heavy atom. The van der Waals surface area contributed by atoms with E-state index in [1.807, 2.05) is 13.8 Å². The molecule has 0 atom stereocenters. The topological polar surface area (TPSA) is 116 Å². The zero-order chi connectivity index (χ0) is 48.2. The molecule has 0 bridgehead atoms. The van der Waals surface area contributed by atoms with Crippen molar-refractivity contribution < 1.29 is 59.6 Å². The molecular weight excluding hydrogens is 913 g/mol. The fraction of sp³-hybridized carbons (Fsp3) is 1.00. The second-order valence-corrected chi connectivity index (χ2v) is 30.3. The predicted molar refractivity (Wildman–Crippen MR) is 275 cm³/mol. The van der Waals surface area contributed by atoms with Gasteiger partial charge in [-0.15, -0.1) is 0 Å². The number of rotatable bonds is 53. The molecule has 65 heavy (non-hydrogen) atoms. The van der Waals surface area contributed by atoms with Gasteiger partial charge in [-0.3, -0.25) is 0 Å². The van der Waals surface area contributed by atoms with Crippen LogP contribution in [0.25, 0.3) is 0 Å². The molecule has 0 radical (unpaired) electrons. The summed E-state index contributed by atoms with van der Waals surface area (Å²) in [7, 11) is -10.2. The Labute approximate surface area is 409 Å². The zero-order valence-electron chi connectivity index (χ0n) is 44.2. The van der Waals surface area contributed by atoms with E-state index < -0.39 is 46.4 Å². The molecule has 0 saturated heterocycles. The minimum absolute atomic E-state index is 0.360. The molecule has 0 aromatic heterocycles. The van der Waals surface area contributed by atoms with Crippen LogP contribution >= 0.6 is 22.1 Å². The van der Waals surface area contributed by atoms with Crippen LogP contribution in [0.4, 0.5) is 0 Å². The van der Waals surface area contributed by atoms with Gasteiger partial charge in [-0.25, -0.2) is 0 Å². The van der Waals surface area contributed by atoms with E-state index in [1.54, 1.807) is 0 Å². The van der Waals surface area contributed by atoms with Gasteiger partial charge in [0.25, 0.3) is 0 Å². The van der Waals surface area contributed by atoms with Gasteiger partial charge in [0.1, 0.15) is 0 Å². The van der Waals surface area contributed by atoms with Gasteiger partial charge in [0.2, 0.25) is 0 Å². The number of unbranched alkanes of at least 4 members (excludes halogenated alkanes) is 30. The summed E-state index contributed by atoms with van der Waals surface area (Å²) < 4.78 is 88.1. The fourth-order valence-corrected chi connectivity index (χ4v) is 18.5. The molecule has 0 heterocycles. The van der Waals surface area contributed by atoms with Crippen LogP contribution in [-0.4, -0.2) is 43.1 Å². The van der Waals surface area contributed by atoms with Gasteiger partial charge in [-0.1, -0.05) is 0 Å². The number of hydrogen-bond donors (Lipinski definition) is 0. The molecule has 0 amide bonds. The first-order chi connectivity index (χ1) is 31.4. The van der Waals surface area contributed by atoms with Crippen LogP contribution in [0.3, 0.4) is 0 Å². The quantitative estimate of drug-likeness (QED) is 0.0192. The summed E-state index contributed by atoms with van der Waals surface area (Å²) in [5.74, 6) is 0. The molecule has 0 aromatic rings. The van der Waals surface area contributed by atoms with Gasteiger partial charge in [0, 0.05) is 0 Å². The van der Waals surface area contributed by atoms with Gasteiger partial charge in [-0.05, 0) is 0 Å². The second kappa shape index (κ2) is 45.0. The molecule has 0 fully saturated rings. The van der Waals surface area contributed by atoms with E-state index in [1.165, 1.54) is 38.5 Å².